The van der Waals surface area contributed by atoms with E-state index in [0.717, 1.165) is 11.1 Å². The van der Waals surface area contributed by atoms with E-state index in [-0.39, 0.29) is 4.90 Å². The van der Waals surface area contributed by atoms with E-state index in [1.165, 1.54) is 19.2 Å². The fraction of sp³-hybridized carbons (Fsp3) is 0.100. The van der Waals surface area contributed by atoms with Gasteiger partial charge >= 0.3 is 0 Å². The van der Waals surface area contributed by atoms with E-state index >= 15 is 0 Å². The summed E-state index contributed by atoms with van der Waals surface area (Å²) in [5, 5.41) is 0.380. The lowest BCUT2D eigenvalue weighted by Gasteiger charge is -2.13. The van der Waals surface area contributed by atoms with Gasteiger partial charge in [-0.05, 0) is 48.9 Å². The standard InChI is InChI=1S/C20H17ClN4O3S/c1-13-4-6-15(11-16(13)21)29(26,27)24-17-10-14(5-7-19(17)28-2)18-12-25-9-3-8-22-20(25)23-18/h3-12,24H,1-2H3. The molecule has 1 N–H and O–H groups in total. The molecule has 2 aromatic heterocycles. The highest BCUT2D eigenvalue weighted by Gasteiger charge is 2.19. The van der Waals surface area contributed by atoms with Crippen LogP contribution in [-0.4, -0.2) is 29.9 Å². The summed E-state index contributed by atoms with van der Waals surface area (Å²) in [7, 11) is -2.38. The van der Waals surface area contributed by atoms with Crippen LogP contribution < -0.4 is 9.46 Å². The summed E-state index contributed by atoms with van der Waals surface area (Å²) in [6, 6.07) is 11.6. The van der Waals surface area contributed by atoms with Gasteiger partial charge in [0.25, 0.3) is 10.0 Å². The average Bonchev–Trinajstić information content (AvgIpc) is 3.14. The molecule has 0 fully saturated rings. The van der Waals surface area contributed by atoms with Crippen LogP contribution >= 0.6 is 11.6 Å². The zero-order chi connectivity index (χ0) is 20.6. The Balaban J connectivity index is 1.74. The van der Waals surface area contributed by atoms with Crippen LogP contribution in [0.15, 0.2) is 66.0 Å². The Morgan fingerprint density at radius 2 is 2.00 bits per heavy atom. The van der Waals surface area contributed by atoms with E-state index in [9.17, 15) is 8.42 Å². The van der Waals surface area contributed by atoms with Gasteiger partial charge in [0.2, 0.25) is 5.78 Å². The fourth-order valence-electron chi connectivity index (χ4n) is 2.86. The number of ether oxygens (including phenoxy) is 1. The third kappa shape index (κ3) is 3.76. The number of methoxy groups -OCH3 is 1. The van der Waals surface area contributed by atoms with E-state index in [2.05, 4.69) is 14.7 Å². The van der Waals surface area contributed by atoms with Crippen molar-refractivity contribution in [3.8, 4) is 17.0 Å². The molecule has 0 amide bonds. The number of nitrogens with zero attached hydrogens (tertiary/aromatic N) is 3. The molecule has 2 heterocycles. The Morgan fingerprint density at radius 3 is 2.72 bits per heavy atom. The fourth-order valence-corrected chi connectivity index (χ4v) is 4.19. The van der Waals surface area contributed by atoms with E-state index in [1.54, 1.807) is 40.9 Å². The SMILES string of the molecule is COc1ccc(-c2cn3cccnc3n2)cc1NS(=O)(=O)c1ccc(C)c(Cl)c1. The molecule has 0 saturated carbocycles. The molecule has 0 bridgehead atoms. The van der Waals surface area contributed by atoms with Crippen LogP contribution in [-0.2, 0) is 10.0 Å². The molecule has 0 atom stereocenters. The maximum Gasteiger partial charge on any atom is 0.262 e. The van der Waals surface area contributed by atoms with E-state index < -0.39 is 10.0 Å². The molecule has 148 valence electrons. The van der Waals surface area contributed by atoms with Crippen molar-refractivity contribution in [3.63, 3.8) is 0 Å². The van der Waals surface area contributed by atoms with Crippen molar-refractivity contribution in [2.45, 2.75) is 11.8 Å². The van der Waals surface area contributed by atoms with Crippen molar-refractivity contribution in [1.29, 1.82) is 0 Å². The van der Waals surface area contributed by atoms with E-state index in [0.29, 0.717) is 27.9 Å². The molecule has 4 rings (SSSR count). The third-order valence-corrected chi connectivity index (χ3v) is 6.20. The molecule has 0 spiro atoms. The Kier molecular flexibility index (Phi) is 4.89. The van der Waals surface area contributed by atoms with Gasteiger partial charge in [-0.2, -0.15) is 0 Å². The van der Waals surface area contributed by atoms with Gasteiger partial charge in [-0.3, -0.25) is 9.12 Å². The first kappa shape index (κ1) is 19.2. The van der Waals surface area contributed by atoms with Crippen molar-refractivity contribution in [3.05, 3.63) is 71.6 Å². The molecule has 2 aromatic carbocycles. The van der Waals surface area contributed by atoms with E-state index in [1.807, 2.05) is 19.3 Å². The lowest BCUT2D eigenvalue weighted by Crippen LogP contribution is -2.14. The number of rotatable bonds is 5. The van der Waals surface area contributed by atoms with Gasteiger partial charge in [-0.1, -0.05) is 17.7 Å². The topological polar surface area (TPSA) is 85.6 Å². The summed E-state index contributed by atoms with van der Waals surface area (Å²) in [4.78, 5) is 8.74. The zero-order valence-corrected chi connectivity index (χ0v) is 17.2. The van der Waals surface area contributed by atoms with Crippen LogP contribution in [0.3, 0.4) is 0 Å². The van der Waals surface area contributed by atoms with Crippen molar-refractivity contribution in [1.82, 2.24) is 14.4 Å². The molecule has 7 nitrogen and oxygen atoms in total. The first-order valence-electron chi connectivity index (χ1n) is 8.64. The van der Waals surface area contributed by atoms with Crippen molar-refractivity contribution in [2.24, 2.45) is 0 Å². The molecule has 9 heteroatoms. The monoisotopic (exact) mass is 428 g/mol. The minimum Gasteiger partial charge on any atom is -0.495 e. The number of imidazole rings is 1. The quantitative estimate of drug-likeness (QED) is 0.515. The number of fused-ring (bicyclic) bond motifs is 1. The molecule has 0 saturated heterocycles. The number of benzene rings is 2. The first-order valence-corrected chi connectivity index (χ1v) is 10.5. The average molecular weight is 429 g/mol. The van der Waals surface area contributed by atoms with Crippen molar-refractivity contribution in [2.75, 3.05) is 11.8 Å². The molecule has 4 aromatic rings. The molecule has 29 heavy (non-hydrogen) atoms. The van der Waals surface area contributed by atoms with Gasteiger partial charge in [0.1, 0.15) is 5.75 Å². The van der Waals surface area contributed by atoms with Crippen LogP contribution in [0.25, 0.3) is 17.0 Å². The second-order valence-corrected chi connectivity index (χ2v) is 8.47. The van der Waals surface area contributed by atoms with Crippen LogP contribution in [0.5, 0.6) is 5.75 Å². The molecular formula is C20H17ClN4O3S. The number of nitrogens with one attached hydrogen (secondary N) is 1. The Labute approximate surface area is 173 Å². The lowest BCUT2D eigenvalue weighted by molar-refractivity contribution is 0.417. The maximum absolute atomic E-state index is 12.9. The van der Waals surface area contributed by atoms with Gasteiger partial charge in [-0.25, -0.2) is 18.4 Å². The molecule has 0 radical (unpaired) electrons. The molecule has 0 aliphatic heterocycles. The number of hydrogen-bond donors (Lipinski definition) is 1. The Bertz CT molecular complexity index is 1290. The zero-order valence-electron chi connectivity index (χ0n) is 15.6. The van der Waals surface area contributed by atoms with Gasteiger partial charge in [0.15, 0.2) is 0 Å². The highest BCUT2D eigenvalue weighted by Crippen LogP contribution is 2.32. The van der Waals surface area contributed by atoms with Gasteiger partial charge in [-0.15, -0.1) is 0 Å². The smallest absolute Gasteiger partial charge is 0.262 e. The summed E-state index contributed by atoms with van der Waals surface area (Å²) in [5.41, 5.74) is 2.47. The lowest BCUT2D eigenvalue weighted by atomic mass is 10.1. The van der Waals surface area contributed by atoms with Crippen LogP contribution in [0.4, 0.5) is 5.69 Å². The van der Waals surface area contributed by atoms with Crippen LogP contribution in [0, 0.1) is 6.92 Å². The summed E-state index contributed by atoms with van der Waals surface area (Å²) >= 11 is 6.09. The number of aryl methyl sites for hydroxylation is 1. The maximum atomic E-state index is 12.9. The molecule has 0 unspecified atom stereocenters. The van der Waals surface area contributed by atoms with Gasteiger partial charge in [0, 0.05) is 29.2 Å². The summed E-state index contributed by atoms with van der Waals surface area (Å²) in [5.74, 6) is 0.937. The number of aromatic nitrogens is 3. The number of sulfonamides is 1. The second kappa shape index (κ2) is 7.38. The minimum absolute atomic E-state index is 0.0671. The normalized spacial score (nSPS) is 11.6. The van der Waals surface area contributed by atoms with Crippen molar-refractivity contribution >= 4 is 33.1 Å². The first-order chi connectivity index (χ1) is 13.9. The minimum atomic E-state index is -3.86. The van der Waals surface area contributed by atoms with Gasteiger partial charge < -0.3 is 4.74 Å². The number of anilines is 1. The molecule has 0 aliphatic rings. The number of hydrogen-bond acceptors (Lipinski definition) is 5. The van der Waals surface area contributed by atoms with Crippen LogP contribution in [0.1, 0.15) is 5.56 Å². The Morgan fingerprint density at radius 1 is 1.17 bits per heavy atom. The van der Waals surface area contributed by atoms with Gasteiger partial charge in [0.05, 0.1) is 23.4 Å². The van der Waals surface area contributed by atoms with Crippen LogP contribution in [0.2, 0.25) is 5.02 Å². The number of halogens is 1. The largest absolute Gasteiger partial charge is 0.495 e. The second-order valence-electron chi connectivity index (χ2n) is 6.38. The predicted octanol–water partition coefficient (Wildman–Crippen LogP) is 4.17. The molecular weight excluding hydrogens is 412 g/mol. The third-order valence-electron chi connectivity index (χ3n) is 4.43. The predicted molar refractivity (Wildman–Crippen MR) is 112 cm³/mol. The summed E-state index contributed by atoms with van der Waals surface area (Å²) in [6.07, 6.45) is 5.32. The van der Waals surface area contributed by atoms with E-state index in [4.69, 9.17) is 16.3 Å². The summed E-state index contributed by atoms with van der Waals surface area (Å²) < 4.78 is 35.4. The van der Waals surface area contributed by atoms with Crippen molar-refractivity contribution < 1.29 is 13.2 Å². The summed E-state index contributed by atoms with van der Waals surface area (Å²) in [6.45, 7) is 1.81. The highest BCUT2D eigenvalue weighted by atomic mass is 35.5. The molecule has 0 aliphatic carbocycles. The highest BCUT2D eigenvalue weighted by molar-refractivity contribution is 7.92. The Hall–Kier alpha value is -3.10.